The first kappa shape index (κ1) is 19.3. The van der Waals surface area contributed by atoms with Crippen LogP contribution >= 0.6 is 11.8 Å². The lowest BCUT2D eigenvalue weighted by molar-refractivity contribution is -0.158. The van der Waals surface area contributed by atoms with Gasteiger partial charge in [-0.1, -0.05) is 32.5 Å². The number of nitrogens with zero attached hydrogens (tertiary/aromatic N) is 1. The largest absolute Gasteiger partial charge is 0.470 e. The van der Waals surface area contributed by atoms with Crippen LogP contribution in [0, 0.1) is 11.3 Å². The molecule has 0 saturated carbocycles. The van der Waals surface area contributed by atoms with Crippen LogP contribution in [0.1, 0.15) is 59.0 Å². The number of hydrogen-bond donors (Lipinski definition) is 0. The standard InChI is InChI=1S/C19H27NO5S/c1-18(2,3)10-24-17-12-8-23-9-13(12)20-15(22)11(16(20)26-17)7-14(21)25-19(4,5)6/h8-9,11,16-17H,7,10H2,1-6H3/t11?,16-,17?/m0/s1. The Morgan fingerprint density at radius 1 is 1.23 bits per heavy atom. The molecular formula is C19H27NO5S. The number of ether oxygens (including phenoxy) is 2. The summed E-state index contributed by atoms with van der Waals surface area (Å²) in [6, 6.07) is 0. The van der Waals surface area contributed by atoms with Crippen LogP contribution in [0.2, 0.25) is 0 Å². The Morgan fingerprint density at radius 3 is 2.54 bits per heavy atom. The third-order valence-electron chi connectivity index (χ3n) is 4.07. The molecule has 2 unspecified atom stereocenters. The normalized spacial score (nSPS) is 25.4. The second-order valence-corrected chi connectivity index (χ2v) is 10.2. The summed E-state index contributed by atoms with van der Waals surface area (Å²) in [5.74, 6) is -0.801. The van der Waals surface area contributed by atoms with E-state index in [1.54, 1.807) is 29.2 Å². The van der Waals surface area contributed by atoms with Gasteiger partial charge >= 0.3 is 5.97 Å². The third kappa shape index (κ3) is 3.93. The molecule has 1 aromatic rings. The van der Waals surface area contributed by atoms with Gasteiger partial charge in [0.15, 0.2) is 0 Å². The molecule has 6 nitrogen and oxygen atoms in total. The lowest BCUT2D eigenvalue weighted by Crippen LogP contribution is -2.62. The van der Waals surface area contributed by atoms with E-state index in [1.807, 2.05) is 20.8 Å². The van der Waals surface area contributed by atoms with Crippen molar-refractivity contribution in [2.24, 2.45) is 11.3 Å². The van der Waals surface area contributed by atoms with E-state index in [0.29, 0.717) is 6.61 Å². The Bertz CT molecular complexity index is 700. The van der Waals surface area contributed by atoms with Gasteiger partial charge in [0.1, 0.15) is 17.3 Å². The predicted octanol–water partition coefficient (Wildman–Crippen LogP) is 4.11. The van der Waals surface area contributed by atoms with Crippen molar-refractivity contribution in [3.63, 3.8) is 0 Å². The van der Waals surface area contributed by atoms with Crippen molar-refractivity contribution < 1.29 is 23.5 Å². The van der Waals surface area contributed by atoms with Gasteiger partial charge in [-0.2, -0.15) is 0 Å². The highest BCUT2D eigenvalue weighted by Crippen LogP contribution is 2.54. The Kier molecular flexibility index (Phi) is 4.90. The number of furan rings is 1. The summed E-state index contributed by atoms with van der Waals surface area (Å²) in [7, 11) is 0. The SMILES string of the molecule is CC(C)(C)COC1S[C@H]2C(CC(=O)OC(C)(C)C)C(=O)N2c2cocc21. The predicted molar refractivity (Wildman–Crippen MR) is 99.7 cm³/mol. The van der Waals surface area contributed by atoms with Gasteiger partial charge in [-0.3, -0.25) is 14.5 Å². The number of thioether (sulfide) groups is 1. The molecule has 0 aromatic carbocycles. The molecule has 7 heteroatoms. The minimum atomic E-state index is -0.556. The van der Waals surface area contributed by atoms with E-state index in [4.69, 9.17) is 13.9 Å². The maximum absolute atomic E-state index is 12.6. The van der Waals surface area contributed by atoms with Gasteiger partial charge < -0.3 is 13.9 Å². The Balaban J connectivity index is 1.72. The van der Waals surface area contributed by atoms with E-state index in [1.165, 1.54) is 0 Å². The summed E-state index contributed by atoms with van der Waals surface area (Å²) in [4.78, 5) is 26.5. The Labute approximate surface area is 158 Å². The highest BCUT2D eigenvalue weighted by molar-refractivity contribution is 8.00. The second kappa shape index (κ2) is 6.60. The molecule has 0 aliphatic carbocycles. The molecule has 2 aliphatic heterocycles. The number of anilines is 1. The van der Waals surface area contributed by atoms with Gasteiger partial charge in [-0.25, -0.2) is 0 Å². The van der Waals surface area contributed by atoms with Crippen LogP contribution in [0.3, 0.4) is 0 Å². The number of esters is 1. The van der Waals surface area contributed by atoms with E-state index >= 15 is 0 Å². The molecule has 0 radical (unpaired) electrons. The Morgan fingerprint density at radius 2 is 1.92 bits per heavy atom. The van der Waals surface area contributed by atoms with E-state index in [2.05, 4.69) is 20.8 Å². The van der Waals surface area contributed by atoms with Crippen LogP contribution in [0.15, 0.2) is 16.9 Å². The molecule has 1 amide bonds. The molecule has 1 saturated heterocycles. The van der Waals surface area contributed by atoms with Crippen molar-refractivity contribution in [2.45, 2.75) is 64.4 Å². The first-order valence-electron chi connectivity index (χ1n) is 8.84. The van der Waals surface area contributed by atoms with E-state index in [9.17, 15) is 9.59 Å². The molecule has 3 heterocycles. The van der Waals surface area contributed by atoms with Crippen molar-refractivity contribution in [2.75, 3.05) is 11.5 Å². The number of rotatable bonds is 4. The molecule has 26 heavy (non-hydrogen) atoms. The number of carbonyl (C=O) groups is 2. The van der Waals surface area contributed by atoms with Crippen molar-refractivity contribution in [1.82, 2.24) is 0 Å². The summed E-state index contributed by atoms with van der Waals surface area (Å²) in [5, 5.41) is -0.134. The Hall–Kier alpha value is -1.47. The van der Waals surface area contributed by atoms with Crippen molar-refractivity contribution in [3.05, 3.63) is 18.1 Å². The van der Waals surface area contributed by atoms with Gasteiger partial charge in [-0.05, 0) is 26.2 Å². The number of carbonyl (C=O) groups excluding carboxylic acids is 2. The fraction of sp³-hybridized carbons (Fsp3) is 0.684. The molecule has 0 N–H and O–H groups in total. The zero-order chi connectivity index (χ0) is 19.3. The minimum absolute atomic E-state index is 0.0347. The van der Waals surface area contributed by atoms with Gasteiger partial charge in [0, 0.05) is 0 Å². The molecule has 0 bridgehead atoms. The quantitative estimate of drug-likeness (QED) is 0.577. The van der Waals surface area contributed by atoms with Crippen LogP contribution < -0.4 is 4.90 Å². The lowest BCUT2D eigenvalue weighted by atomic mass is 9.93. The highest BCUT2D eigenvalue weighted by atomic mass is 32.2. The first-order chi connectivity index (χ1) is 12.0. The summed E-state index contributed by atoms with van der Waals surface area (Å²) in [6.07, 6.45) is 3.31. The highest BCUT2D eigenvalue weighted by Gasteiger charge is 2.55. The number of fused-ring (bicyclic) bond motifs is 3. The van der Waals surface area contributed by atoms with Crippen molar-refractivity contribution in [3.8, 4) is 0 Å². The number of hydrogen-bond acceptors (Lipinski definition) is 6. The third-order valence-corrected chi connectivity index (χ3v) is 5.53. The average molecular weight is 381 g/mol. The van der Waals surface area contributed by atoms with E-state index in [-0.39, 0.29) is 34.5 Å². The van der Waals surface area contributed by atoms with Crippen LogP contribution in [0.5, 0.6) is 0 Å². The fourth-order valence-electron chi connectivity index (χ4n) is 3.01. The maximum atomic E-state index is 12.6. The summed E-state index contributed by atoms with van der Waals surface area (Å²) >= 11 is 1.56. The van der Waals surface area contributed by atoms with Crippen LogP contribution in [0.4, 0.5) is 5.69 Å². The van der Waals surface area contributed by atoms with E-state index < -0.39 is 11.5 Å². The zero-order valence-corrected chi connectivity index (χ0v) is 17.0. The lowest BCUT2D eigenvalue weighted by Gasteiger charge is -2.50. The average Bonchev–Trinajstić information content (AvgIpc) is 2.95. The molecule has 144 valence electrons. The topological polar surface area (TPSA) is 69.0 Å². The fourth-order valence-corrected chi connectivity index (χ4v) is 4.48. The van der Waals surface area contributed by atoms with Crippen LogP contribution in [-0.4, -0.2) is 29.5 Å². The molecular weight excluding hydrogens is 354 g/mol. The van der Waals surface area contributed by atoms with Gasteiger partial charge in [0.2, 0.25) is 5.91 Å². The second-order valence-electron chi connectivity index (χ2n) is 9.05. The first-order valence-corrected chi connectivity index (χ1v) is 9.79. The molecule has 1 aromatic heterocycles. The number of β-lactam (4-membered cyclic amide) rings is 1. The molecule has 2 aliphatic rings. The van der Waals surface area contributed by atoms with Crippen LogP contribution in [0.25, 0.3) is 0 Å². The summed E-state index contributed by atoms with van der Waals surface area (Å²) < 4.78 is 16.8. The minimum Gasteiger partial charge on any atom is -0.470 e. The van der Waals surface area contributed by atoms with Crippen LogP contribution in [-0.2, 0) is 19.1 Å². The molecule has 0 spiro atoms. The maximum Gasteiger partial charge on any atom is 0.307 e. The summed E-state index contributed by atoms with van der Waals surface area (Å²) in [6.45, 7) is 12.4. The summed E-state index contributed by atoms with van der Waals surface area (Å²) in [5.41, 5.74) is 0.892. The molecule has 3 atom stereocenters. The monoisotopic (exact) mass is 381 g/mol. The van der Waals surface area contributed by atoms with Gasteiger partial charge in [0.05, 0.1) is 41.8 Å². The number of amides is 1. The van der Waals surface area contributed by atoms with Crippen molar-refractivity contribution in [1.29, 1.82) is 0 Å². The van der Waals surface area contributed by atoms with E-state index in [0.717, 1.165) is 11.3 Å². The van der Waals surface area contributed by atoms with Crippen molar-refractivity contribution >= 4 is 29.3 Å². The molecule has 1 fully saturated rings. The zero-order valence-electron chi connectivity index (χ0n) is 16.2. The van der Waals surface area contributed by atoms with Gasteiger partial charge in [0.25, 0.3) is 0 Å². The smallest absolute Gasteiger partial charge is 0.307 e. The molecule has 3 rings (SSSR count). The van der Waals surface area contributed by atoms with Gasteiger partial charge in [-0.15, -0.1) is 0 Å².